The molecule has 2 rings (SSSR count). The Morgan fingerprint density at radius 3 is 2.39 bits per heavy atom. The molecular weight excluding hydrogens is 373 g/mol. The molecule has 2 N–H and O–H groups in total. The number of carbonyl (C=O) groups is 2. The molecule has 0 saturated carbocycles. The van der Waals surface area contributed by atoms with Crippen molar-refractivity contribution in [1.29, 1.82) is 0 Å². The van der Waals surface area contributed by atoms with Gasteiger partial charge in [-0.3, -0.25) is 9.59 Å². The van der Waals surface area contributed by atoms with Crippen molar-refractivity contribution in [2.45, 2.75) is 32.9 Å². The SMILES string of the molecule is CCOc1ccccc1CCC(=O)Nc1cc(C(F)(F)F)ccc1NC(C)=O. The number of anilines is 2. The van der Waals surface area contributed by atoms with Crippen LogP contribution in [0, 0.1) is 0 Å². The summed E-state index contributed by atoms with van der Waals surface area (Å²) >= 11 is 0. The molecule has 0 fully saturated rings. The van der Waals surface area contributed by atoms with Crippen LogP contribution in [0.15, 0.2) is 42.5 Å². The molecule has 2 aromatic carbocycles. The Morgan fingerprint density at radius 1 is 1.04 bits per heavy atom. The highest BCUT2D eigenvalue weighted by Gasteiger charge is 2.31. The molecule has 0 radical (unpaired) electrons. The molecular formula is C20H21F3N2O3. The van der Waals surface area contributed by atoms with E-state index in [4.69, 9.17) is 4.74 Å². The first-order valence-corrected chi connectivity index (χ1v) is 8.70. The van der Waals surface area contributed by atoms with Gasteiger partial charge in [0.05, 0.1) is 23.5 Å². The standard InChI is InChI=1S/C20H21F3N2O3/c1-3-28-18-7-5-4-6-14(18)8-11-19(27)25-17-12-15(20(21,22)23)9-10-16(17)24-13(2)26/h4-7,9-10,12H,3,8,11H2,1-2H3,(H,24,26)(H,25,27). The van der Waals surface area contributed by atoms with Gasteiger partial charge >= 0.3 is 6.18 Å². The van der Waals surface area contributed by atoms with E-state index < -0.39 is 23.6 Å². The van der Waals surface area contributed by atoms with Gasteiger partial charge in [0.25, 0.3) is 0 Å². The van der Waals surface area contributed by atoms with E-state index in [1.165, 1.54) is 6.92 Å². The number of nitrogens with one attached hydrogen (secondary N) is 2. The fourth-order valence-corrected chi connectivity index (χ4v) is 2.59. The average molecular weight is 394 g/mol. The van der Waals surface area contributed by atoms with Crippen LogP contribution in [0.2, 0.25) is 0 Å². The second-order valence-corrected chi connectivity index (χ2v) is 6.03. The topological polar surface area (TPSA) is 67.4 Å². The average Bonchev–Trinajstić information content (AvgIpc) is 2.61. The molecule has 0 saturated heterocycles. The molecule has 0 unspecified atom stereocenters. The monoisotopic (exact) mass is 394 g/mol. The van der Waals surface area contributed by atoms with E-state index in [0.29, 0.717) is 18.8 Å². The van der Waals surface area contributed by atoms with Gasteiger partial charge in [0.15, 0.2) is 0 Å². The normalized spacial score (nSPS) is 11.0. The molecule has 0 aliphatic heterocycles. The number of hydrogen-bond acceptors (Lipinski definition) is 3. The Hall–Kier alpha value is -3.03. The third-order valence-electron chi connectivity index (χ3n) is 3.83. The van der Waals surface area contributed by atoms with Crippen molar-refractivity contribution >= 4 is 23.2 Å². The molecule has 28 heavy (non-hydrogen) atoms. The molecule has 150 valence electrons. The number of para-hydroxylation sites is 1. The van der Waals surface area contributed by atoms with Gasteiger partial charge in [0, 0.05) is 13.3 Å². The van der Waals surface area contributed by atoms with E-state index in [1.54, 1.807) is 6.07 Å². The lowest BCUT2D eigenvalue weighted by molar-refractivity contribution is -0.137. The molecule has 5 nitrogen and oxygen atoms in total. The van der Waals surface area contributed by atoms with Gasteiger partial charge in [0.2, 0.25) is 11.8 Å². The number of halogens is 3. The minimum Gasteiger partial charge on any atom is -0.494 e. The maximum atomic E-state index is 13.0. The van der Waals surface area contributed by atoms with Crippen molar-refractivity contribution in [3.63, 3.8) is 0 Å². The first-order valence-electron chi connectivity index (χ1n) is 8.70. The maximum Gasteiger partial charge on any atom is 0.416 e. The zero-order valence-corrected chi connectivity index (χ0v) is 15.5. The summed E-state index contributed by atoms with van der Waals surface area (Å²) in [5, 5.41) is 4.87. The van der Waals surface area contributed by atoms with E-state index in [1.807, 2.05) is 25.1 Å². The largest absolute Gasteiger partial charge is 0.494 e. The third kappa shape index (κ3) is 6.00. The Labute approximate surface area is 160 Å². The Bertz CT molecular complexity index is 851. The van der Waals surface area contributed by atoms with Crippen LogP contribution >= 0.6 is 0 Å². The van der Waals surface area contributed by atoms with Crippen LogP contribution in [0.1, 0.15) is 31.4 Å². The molecule has 0 spiro atoms. The summed E-state index contributed by atoms with van der Waals surface area (Å²) < 4.78 is 44.4. The van der Waals surface area contributed by atoms with Gasteiger partial charge in [0.1, 0.15) is 5.75 Å². The van der Waals surface area contributed by atoms with Crippen molar-refractivity contribution in [3.05, 3.63) is 53.6 Å². The van der Waals surface area contributed by atoms with Gasteiger partial charge in [-0.1, -0.05) is 18.2 Å². The Balaban J connectivity index is 2.14. The van der Waals surface area contributed by atoms with Crippen LogP contribution in [-0.4, -0.2) is 18.4 Å². The fourth-order valence-electron chi connectivity index (χ4n) is 2.59. The smallest absolute Gasteiger partial charge is 0.416 e. The predicted molar refractivity (Wildman–Crippen MR) is 100 cm³/mol. The van der Waals surface area contributed by atoms with Gasteiger partial charge < -0.3 is 15.4 Å². The lowest BCUT2D eigenvalue weighted by atomic mass is 10.1. The number of hydrogen-bond donors (Lipinski definition) is 2. The Morgan fingerprint density at radius 2 is 1.75 bits per heavy atom. The van der Waals surface area contributed by atoms with Crippen LogP contribution in [0.5, 0.6) is 5.75 Å². The van der Waals surface area contributed by atoms with Crippen molar-refractivity contribution in [2.24, 2.45) is 0 Å². The molecule has 2 aromatic rings. The number of rotatable bonds is 7. The van der Waals surface area contributed by atoms with E-state index >= 15 is 0 Å². The second-order valence-electron chi connectivity index (χ2n) is 6.03. The van der Waals surface area contributed by atoms with Gasteiger partial charge in [-0.25, -0.2) is 0 Å². The predicted octanol–water partition coefficient (Wildman–Crippen LogP) is 4.63. The van der Waals surface area contributed by atoms with Crippen LogP contribution in [-0.2, 0) is 22.2 Å². The maximum absolute atomic E-state index is 13.0. The molecule has 0 aliphatic carbocycles. The Kier molecular flexibility index (Phi) is 7.03. The first kappa shape index (κ1) is 21.3. The van der Waals surface area contributed by atoms with E-state index in [9.17, 15) is 22.8 Å². The van der Waals surface area contributed by atoms with Crippen molar-refractivity contribution in [1.82, 2.24) is 0 Å². The van der Waals surface area contributed by atoms with Gasteiger partial charge in [-0.15, -0.1) is 0 Å². The van der Waals surface area contributed by atoms with Crippen LogP contribution in [0.25, 0.3) is 0 Å². The summed E-state index contributed by atoms with van der Waals surface area (Å²) in [6.45, 7) is 3.56. The van der Waals surface area contributed by atoms with E-state index in [0.717, 1.165) is 23.8 Å². The summed E-state index contributed by atoms with van der Waals surface area (Å²) in [6, 6.07) is 10.0. The fraction of sp³-hybridized carbons (Fsp3) is 0.300. The first-order chi connectivity index (χ1) is 13.2. The summed E-state index contributed by atoms with van der Waals surface area (Å²) in [5.41, 5.74) is -0.0964. The number of ether oxygens (including phenoxy) is 1. The lowest BCUT2D eigenvalue weighted by Crippen LogP contribution is -2.17. The minimum atomic E-state index is -4.56. The summed E-state index contributed by atoms with van der Waals surface area (Å²) in [5.74, 6) is -0.270. The number of carbonyl (C=O) groups excluding carboxylic acids is 2. The molecule has 0 aliphatic rings. The van der Waals surface area contributed by atoms with Crippen molar-refractivity contribution < 1.29 is 27.5 Å². The highest BCUT2D eigenvalue weighted by atomic mass is 19.4. The number of benzene rings is 2. The molecule has 0 heterocycles. The molecule has 0 bridgehead atoms. The molecule has 0 aromatic heterocycles. The van der Waals surface area contributed by atoms with Crippen LogP contribution < -0.4 is 15.4 Å². The third-order valence-corrected chi connectivity index (χ3v) is 3.83. The molecule has 2 amide bonds. The van der Waals surface area contributed by atoms with Crippen LogP contribution in [0.4, 0.5) is 24.5 Å². The zero-order chi connectivity index (χ0) is 20.7. The highest BCUT2D eigenvalue weighted by molar-refractivity contribution is 5.99. The van der Waals surface area contributed by atoms with Gasteiger partial charge in [-0.2, -0.15) is 13.2 Å². The quantitative estimate of drug-likeness (QED) is 0.719. The van der Waals surface area contributed by atoms with E-state index in [-0.39, 0.29) is 17.8 Å². The zero-order valence-electron chi connectivity index (χ0n) is 15.5. The van der Waals surface area contributed by atoms with Crippen LogP contribution in [0.3, 0.4) is 0 Å². The summed E-state index contributed by atoms with van der Waals surface area (Å²) in [6.07, 6.45) is -4.17. The number of amides is 2. The lowest BCUT2D eigenvalue weighted by Gasteiger charge is -2.15. The summed E-state index contributed by atoms with van der Waals surface area (Å²) in [7, 11) is 0. The van der Waals surface area contributed by atoms with Gasteiger partial charge in [-0.05, 0) is 43.2 Å². The summed E-state index contributed by atoms with van der Waals surface area (Å²) in [4.78, 5) is 23.6. The van der Waals surface area contributed by atoms with Crippen molar-refractivity contribution in [2.75, 3.05) is 17.2 Å². The second kappa shape index (κ2) is 9.25. The number of alkyl halides is 3. The van der Waals surface area contributed by atoms with Crippen molar-refractivity contribution in [3.8, 4) is 5.75 Å². The molecule has 8 heteroatoms. The molecule has 0 atom stereocenters. The highest BCUT2D eigenvalue weighted by Crippen LogP contribution is 2.34. The van der Waals surface area contributed by atoms with E-state index in [2.05, 4.69) is 10.6 Å². The number of aryl methyl sites for hydroxylation is 1. The minimum absolute atomic E-state index is 0.0415.